The van der Waals surface area contributed by atoms with Gasteiger partial charge in [0.15, 0.2) is 6.61 Å². The van der Waals surface area contributed by atoms with E-state index in [1.165, 1.54) is 0 Å². The zero-order chi connectivity index (χ0) is 20.3. The van der Waals surface area contributed by atoms with Gasteiger partial charge in [-0.1, -0.05) is 30.3 Å². The maximum Gasteiger partial charge on any atom is 0.354 e. The average molecular weight is 381 g/mol. The Bertz CT molecular complexity index is 944. The smallest absolute Gasteiger partial charge is 0.354 e. The molecule has 0 unspecified atom stereocenters. The Morgan fingerprint density at radius 1 is 1.21 bits per heavy atom. The molecule has 0 spiro atoms. The van der Waals surface area contributed by atoms with Gasteiger partial charge in [0.1, 0.15) is 5.71 Å². The van der Waals surface area contributed by atoms with Crippen LogP contribution in [0.3, 0.4) is 0 Å². The van der Waals surface area contributed by atoms with Gasteiger partial charge in [-0.25, -0.2) is 10.2 Å². The lowest BCUT2D eigenvalue weighted by atomic mass is 10.1. The molecule has 0 fully saturated rings. The Morgan fingerprint density at radius 2 is 1.93 bits per heavy atom. The van der Waals surface area contributed by atoms with Crippen LogP contribution >= 0.6 is 0 Å². The third-order valence-corrected chi connectivity index (χ3v) is 4.93. The van der Waals surface area contributed by atoms with Crippen molar-refractivity contribution < 1.29 is 19.1 Å². The van der Waals surface area contributed by atoms with Crippen LogP contribution in [0.25, 0.3) is 0 Å². The number of carbonyl (C=O) groups is 3. The zero-order valence-corrected chi connectivity index (χ0v) is 16.2. The van der Waals surface area contributed by atoms with E-state index in [-0.39, 0.29) is 42.9 Å². The number of rotatable bonds is 6. The topological polar surface area (TPSA) is 89.8 Å². The molecule has 0 saturated carbocycles. The van der Waals surface area contributed by atoms with Crippen LogP contribution in [-0.4, -0.2) is 34.5 Å². The average Bonchev–Trinajstić information content (AvgIpc) is 3.00. The molecule has 0 aliphatic carbocycles. The number of benzene rings is 1. The number of carbonyl (C=O) groups excluding carboxylic acids is 3. The summed E-state index contributed by atoms with van der Waals surface area (Å²) in [7, 11) is 0. The van der Waals surface area contributed by atoms with Crippen LogP contribution in [0, 0.1) is 13.8 Å². The van der Waals surface area contributed by atoms with Crippen LogP contribution in [-0.2, 0) is 14.3 Å². The van der Waals surface area contributed by atoms with Crippen molar-refractivity contribution in [3.63, 3.8) is 0 Å². The molecule has 0 bridgehead atoms. The molecule has 1 aromatic heterocycles. The van der Waals surface area contributed by atoms with Crippen molar-refractivity contribution in [1.29, 1.82) is 0 Å². The maximum atomic E-state index is 12.6. The third-order valence-electron chi connectivity index (χ3n) is 4.93. The van der Waals surface area contributed by atoms with E-state index in [0.29, 0.717) is 5.56 Å². The second kappa shape index (κ2) is 8.21. The number of Topliss-reactive ketones (excluding diaryl/α,β-unsaturated/α-hetero) is 1. The molecule has 1 aliphatic rings. The van der Waals surface area contributed by atoms with Gasteiger partial charge in [0.2, 0.25) is 11.7 Å². The van der Waals surface area contributed by atoms with E-state index >= 15 is 0 Å². The quantitative estimate of drug-likeness (QED) is 0.615. The number of amides is 1. The van der Waals surface area contributed by atoms with Crippen LogP contribution < -0.4 is 5.43 Å². The molecule has 1 aliphatic heterocycles. The van der Waals surface area contributed by atoms with E-state index in [0.717, 1.165) is 17.0 Å². The van der Waals surface area contributed by atoms with E-state index in [1.807, 2.05) is 38.1 Å². The predicted octanol–water partition coefficient (Wildman–Crippen LogP) is 2.71. The monoisotopic (exact) mass is 381 g/mol. The maximum absolute atomic E-state index is 12.6. The fraction of sp³-hybridized carbons (Fsp3) is 0.333. The van der Waals surface area contributed by atoms with Gasteiger partial charge < -0.3 is 9.30 Å². The van der Waals surface area contributed by atoms with Crippen molar-refractivity contribution >= 4 is 23.4 Å². The second-order valence-electron chi connectivity index (χ2n) is 6.83. The molecule has 0 radical (unpaired) electrons. The number of ether oxygens (including phenoxy) is 1. The Balaban J connectivity index is 1.71. The van der Waals surface area contributed by atoms with Gasteiger partial charge in [0, 0.05) is 29.8 Å². The summed E-state index contributed by atoms with van der Waals surface area (Å²) in [6.45, 7) is 5.56. The minimum absolute atomic E-state index is 0.0745. The number of aromatic nitrogens is 1. The van der Waals surface area contributed by atoms with Gasteiger partial charge in [0.05, 0.1) is 6.04 Å². The normalized spacial score (nSPS) is 14.8. The minimum atomic E-state index is -0.681. The lowest BCUT2D eigenvalue weighted by Crippen LogP contribution is -2.31. The second-order valence-corrected chi connectivity index (χ2v) is 6.83. The minimum Gasteiger partial charge on any atom is -0.453 e. The lowest BCUT2D eigenvalue weighted by molar-refractivity contribution is -0.134. The number of hydrogen-bond donors (Lipinski definition) is 1. The molecule has 1 N–H and O–H groups in total. The number of hydrogen-bond acceptors (Lipinski definition) is 5. The molecule has 1 aromatic carbocycles. The number of nitrogens with one attached hydrogen (secondary N) is 1. The van der Waals surface area contributed by atoms with Gasteiger partial charge >= 0.3 is 5.97 Å². The van der Waals surface area contributed by atoms with Crippen LogP contribution in [0.5, 0.6) is 0 Å². The van der Waals surface area contributed by atoms with Crippen molar-refractivity contribution in [2.75, 3.05) is 6.61 Å². The van der Waals surface area contributed by atoms with E-state index in [2.05, 4.69) is 34.2 Å². The van der Waals surface area contributed by atoms with Crippen molar-refractivity contribution in [2.24, 2.45) is 5.10 Å². The van der Waals surface area contributed by atoms with Crippen molar-refractivity contribution in [1.82, 2.24) is 9.99 Å². The lowest BCUT2D eigenvalue weighted by Gasteiger charge is -2.19. The molecule has 7 heteroatoms. The highest BCUT2D eigenvalue weighted by Crippen LogP contribution is 2.25. The molecule has 2 heterocycles. The summed E-state index contributed by atoms with van der Waals surface area (Å²) in [6, 6.07) is 11.9. The summed E-state index contributed by atoms with van der Waals surface area (Å²) in [6.07, 6.45) is 0.391. The summed E-state index contributed by atoms with van der Waals surface area (Å²) >= 11 is 0. The first-order valence-electron chi connectivity index (χ1n) is 9.17. The van der Waals surface area contributed by atoms with Crippen LogP contribution in [0.2, 0.25) is 0 Å². The first-order valence-corrected chi connectivity index (χ1v) is 9.17. The van der Waals surface area contributed by atoms with Gasteiger partial charge in [-0.2, -0.15) is 5.10 Å². The van der Waals surface area contributed by atoms with Gasteiger partial charge in [-0.3, -0.25) is 9.59 Å². The van der Waals surface area contributed by atoms with Crippen molar-refractivity contribution in [2.45, 2.75) is 39.7 Å². The fourth-order valence-corrected chi connectivity index (χ4v) is 3.45. The molecule has 0 saturated heterocycles. The Kier molecular flexibility index (Phi) is 5.73. The summed E-state index contributed by atoms with van der Waals surface area (Å²) in [5, 5.41) is 3.68. The van der Waals surface area contributed by atoms with Gasteiger partial charge in [0.25, 0.3) is 0 Å². The molecule has 146 valence electrons. The molecule has 1 amide bonds. The first-order chi connectivity index (χ1) is 13.4. The molecular weight excluding hydrogens is 358 g/mol. The number of ketones is 1. The number of esters is 1. The van der Waals surface area contributed by atoms with E-state index in [1.54, 1.807) is 0 Å². The Labute approximate surface area is 163 Å². The van der Waals surface area contributed by atoms with E-state index in [9.17, 15) is 14.4 Å². The molecule has 3 rings (SSSR count). The summed E-state index contributed by atoms with van der Waals surface area (Å²) in [5.41, 5.74) is 5.83. The standard InChI is InChI=1S/C21H23N3O4/c1-13-11-17(15(3)24(13)14(2)16-7-5-4-6-8-16)19(25)12-28-21(27)18-9-10-20(26)23-22-18/h4-8,11,14H,9-10,12H2,1-3H3,(H,23,26)/t14-/m0/s1. The summed E-state index contributed by atoms with van der Waals surface area (Å²) < 4.78 is 7.20. The SMILES string of the molecule is Cc1cc(C(=O)COC(=O)C2=NNC(=O)CC2)c(C)n1[C@@H](C)c1ccccc1. The number of nitrogens with zero attached hydrogens (tertiary/aromatic N) is 2. The summed E-state index contributed by atoms with van der Waals surface area (Å²) in [4.78, 5) is 35.7. The molecule has 2 aromatic rings. The van der Waals surface area contributed by atoms with E-state index in [4.69, 9.17) is 4.74 Å². The third kappa shape index (κ3) is 4.03. The molecule has 7 nitrogen and oxygen atoms in total. The Hall–Kier alpha value is -3.22. The summed E-state index contributed by atoms with van der Waals surface area (Å²) in [5.74, 6) is -1.19. The number of aryl methyl sites for hydroxylation is 1. The molecular formula is C21H23N3O4. The largest absolute Gasteiger partial charge is 0.453 e. The first kappa shape index (κ1) is 19.5. The van der Waals surface area contributed by atoms with Gasteiger partial charge in [-0.05, 0) is 32.4 Å². The highest BCUT2D eigenvalue weighted by Gasteiger charge is 2.23. The zero-order valence-electron chi connectivity index (χ0n) is 16.2. The van der Waals surface area contributed by atoms with Gasteiger partial charge in [-0.15, -0.1) is 0 Å². The Morgan fingerprint density at radius 3 is 2.57 bits per heavy atom. The molecule has 1 atom stereocenters. The van der Waals surface area contributed by atoms with E-state index < -0.39 is 5.97 Å². The predicted molar refractivity (Wildman–Crippen MR) is 104 cm³/mol. The highest BCUT2D eigenvalue weighted by atomic mass is 16.5. The highest BCUT2D eigenvalue weighted by molar-refractivity contribution is 6.37. The van der Waals surface area contributed by atoms with Crippen molar-refractivity contribution in [3.8, 4) is 0 Å². The van der Waals surface area contributed by atoms with Crippen molar-refractivity contribution in [3.05, 3.63) is 58.9 Å². The fourth-order valence-electron chi connectivity index (χ4n) is 3.45. The van der Waals surface area contributed by atoms with Crippen LogP contribution in [0.1, 0.15) is 53.1 Å². The van der Waals surface area contributed by atoms with Crippen LogP contribution in [0.15, 0.2) is 41.5 Å². The number of hydrazone groups is 1. The molecule has 28 heavy (non-hydrogen) atoms. The van der Waals surface area contributed by atoms with Crippen LogP contribution in [0.4, 0.5) is 0 Å².